The molecule has 6 heteroatoms. The van der Waals surface area contributed by atoms with Crippen LogP contribution in [-0.2, 0) is 11.2 Å². The second-order valence-corrected chi connectivity index (χ2v) is 8.29. The van der Waals surface area contributed by atoms with Crippen LogP contribution < -0.4 is 4.74 Å². The average Bonchev–Trinajstić information content (AvgIpc) is 2.73. The molecule has 1 fully saturated rings. The number of rotatable bonds is 5. The van der Waals surface area contributed by atoms with E-state index in [-0.39, 0.29) is 23.9 Å². The Hall–Kier alpha value is -2.86. The summed E-state index contributed by atoms with van der Waals surface area (Å²) in [5, 5.41) is 0. The van der Waals surface area contributed by atoms with Gasteiger partial charge in [0.05, 0.1) is 7.11 Å². The van der Waals surface area contributed by atoms with Crippen molar-refractivity contribution in [1.82, 2.24) is 14.7 Å². The Balaban J connectivity index is 1.48. The lowest BCUT2D eigenvalue weighted by Gasteiger charge is -2.50. The summed E-state index contributed by atoms with van der Waals surface area (Å²) >= 11 is 0. The molecule has 2 aromatic carbocycles. The largest absolute Gasteiger partial charge is 0.497 e. The topological polar surface area (TPSA) is 53.1 Å². The smallest absolute Gasteiger partial charge is 0.254 e. The van der Waals surface area contributed by atoms with E-state index in [1.54, 1.807) is 32.2 Å². The molecule has 1 atom stereocenters. The first-order valence-corrected chi connectivity index (χ1v) is 10.4. The van der Waals surface area contributed by atoms with E-state index in [0.717, 1.165) is 13.0 Å². The van der Waals surface area contributed by atoms with Gasteiger partial charge in [0.25, 0.3) is 5.91 Å². The fraction of sp³-hybridized carbons (Fsp3) is 0.417. The summed E-state index contributed by atoms with van der Waals surface area (Å²) in [6, 6.07) is 16.1. The van der Waals surface area contributed by atoms with Crippen molar-refractivity contribution in [3.63, 3.8) is 0 Å². The van der Waals surface area contributed by atoms with Crippen LogP contribution in [0, 0.1) is 0 Å². The predicted octanol–water partition coefficient (Wildman–Crippen LogP) is 2.60. The van der Waals surface area contributed by atoms with E-state index in [1.165, 1.54) is 11.1 Å². The molecule has 0 saturated carbocycles. The maximum Gasteiger partial charge on any atom is 0.254 e. The summed E-state index contributed by atoms with van der Waals surface area (Å²) in [6.45, 7) is 2.28. The highest BCUT2D eigenvalue weighted by Gasteiger charge is 2.41. The lowest BCUT2D eigenvalue weighted by molar-refractivity contribution is -0.130. The number of carbonyl (C=O) groups is 2. The molecule has 2 aromatic rings. The molecule has 2 amide bonds. The first kappa shape index (κ1) is 20.4. The number of hydrogen-bond acceptors (Lipinski definition) is 4. The number of benzene rings is 2. The quantitative estimate of drug-likeness (QED) is 0.765. The van der Waals surface area contributed by atoms with Gasteiger partial charge >= 0.3 is 0 Å². The molecule has 2 aliphatic rings. The van der Waals surface area contributed by atoms with Crippen molar-refractivity contribution in [2.45, 2.75) is 24.9 Å². The molecular formula is C24H29N3O3. The van der Waals surface area contributed by atoms with Crippen molar-refractivity contribution in [2.75, 3.05) is 40.8 Å². The van der Waals surface area contributed by atoms with E-state index in [9.17, 15) is 9.59 Å². The van der Waals surface area contributed by atoms with Gasteiger partial charge in [-0.2, -0.15) is 0 Å². The van der Waals surface area contributed by atoms with Crippen LogP contribution in [0.25, 0.3) is 0 Å². The molecule has 4 rings (SSSR count). The van der Waals surface area contributed by atoms with Crippen molar-refractivity contribution in [2.24, 2.45) is 0 Å². The van der Waals surface area contributed by atoms with Gasteiger partial charge in [-0.3, -0.25) is 14.5 Å². The Labute approximate surface area is 178 Å². The summed E-state index contributed by atoms with van der Waals surface area (Å²) < 4.78 is 5.24. The van der Waals surface area contributed by atoms with Crippen LogP contribution in [-0.4, -0.2) is 73.4 Å². The van der Waals surface area contributed by atoms with E-state index in [4.69, 9.17) is 4.74 Å². The number of carbonyl (C=O) groups excluding carboxylic acids is 2. The molecule has 0 spiro atoms. The average molecular weight is 408 g/mol. The van der Waals surface area contributed by atoms with Crippen molar-refractivity contribution < 1.29 is 14.3 Å². The Morgan fingerprint density at radius 3 is 2.60 bits per heavy atom. The second-order valence-electron chi connectivity index (χ2n) is 8.29. The highest BCUT2D eigenvalue weighted by Crippen LogP contribution is 2.36. The van der Waals surface area contributed by atoms with Crippen molar-refractivity contribution in [3.8, 4) is 5.75 Å². The van der Waals surface area contributed by atoms with Crippen LogP contribution in [0.2, 0.25) is 0 Å². The Morgan fingerprint density at radius 1 is 1.10 bits per heavy atom. The van der Waals surface area contributed by atoms with Crippen LogP contribution in [0.15, 0.2) is 48.5 Å². The summed E-state index contributed by atoms with van der Waals surface area (Å²) in [7, 11) is 5.21. The number of hydrogen-bond donors (Lipinski definition) is 0. The SMILES string of the molecule is COc1cccc(C(=O)N2CC(N3CCc4ccccc4C3CC(=O)N(C)C)C2)c1. The minimum atomic E-state index is 0.0310. The summed E-state index contributed by atoms with van der Waals surface area (Å²) in [4.78, 5) is 31.4. The number of ether oxygens (including phenoxy) is 1. The van der Waals surface area contributed by atoms with E-state index >= 15 is 0 Å². The van der Waals surface area contributed by atoms with Crippen LogP contribution in [0.3, 0.4) is 0 Å². The molecule has 2 aliphatic heterocycles. The number of fused-ring (bicyclic) bond motifs is 1. The molecule has 6 nitrogen and oxygen atoms in total. The molecular weight excluding hydrogens is 378 g/mol. The minimum absolute atomic E-state index is 0.0310. The monoisotopic (exact) mass is 407 g/mol. The lowest BCUT2D eigenvalue weighted by Crippen LogP contribution is -2.62. The third-order valence-corrected chi connectivity index (χ3v) is 6.26. The normalized spacial score (nSPS) is 19.0. The third kappa shape index (κ3) is 3.92. The molecule has 0 aromatic heterocycles. The van der Waals surface area contributed by atoms with Crippen molar-refractivity contribution >= 4 is 11.8 Å². The van der Waals surface area contributed by atoms with Crippen LogP contribution in [0.1, 0.15) is 33.9 Å². The molecule has 2 heterocycles. The standard InChI is InChI=1S/C24H29N3O3/c1-25(2)23(28)14-22-21-10-5-4-7-17(21)11-12-27(22)19-15-26(16-19)24(29)18-8-6-9-20(13-18)30-3/h4-10,13,19,22H,11-12,14-16H2,1-3H3. The highest BCUT2D eigenvalue weighted by atomic mass is 16.5. The van der Waals surface area contributed by atoms with Crippen LogP contribution in [0.4, 0.5) is 0 Å². The van der Waals surface area contributed by atoms with Crippen molar-refractivity contribution in [3.05, 3.63) is 65.2 Å². The van der Waals surface area contributed by atoms with E-state index in [0.29, 0.717) is 30.8 Å². The summed E-state index contributed by atoms with van der Waals surface area (Å²) in [5.41, 5.74) is 3.22. The third-order valence-electron chi connectivity index (χ3n) is 6.26. The number of methoxy groups -OCH3 is 1. The number of likely N-dealkylation sites (tertiary alicyclic amines) is 1. The second kappa shape index (κ2) is 8.48. The number of nitrogens with zero attached hydrogens (tertiary/aromatic N) is 3. The van der Waals surface area contributed by atoms with E-state index < -0.39 is 0 Å². The molecule has 0 aliphatic carbocycles. The molecule has 0 radical (unpaired) electrons. The van der Waals surface area contributed by atoms with Gasteiger partial charge in [-0.15, -0.1) is 0 Å². The maximum atomic E-state index is 12.9. The van der Waals surface area contributed by atoms with E-state index in [2.05, 4.69) is 29.2 Å². The Kier molecular flexibility index (Phi) is 5.77. The van der Waals surface area contributed by atoms with Gasteiger partial charge in [-0.25, -0.2) is 0 Å². The Morgan fingerprint density at radius 2 is 1.87 bits per heavy atom. The Bertz CT molecular complexity index is 937. The molecule has 0 bridgehead atoms. The predicted molar refractivity (Wildman–Crippen MR) is 116 cm³/mol. The molecule has 1 saturated heterocycles. The van der Waals surface area contributed by atoms with Gasteiger partial charge in [-0.1, -0.05) is 30.3 Å². The van der Waals surface area contributed by atoms with Gasteiger partial charge in [0.2, 0.25) is 5.91 Å². The van der Waals surface area contributed by atoms with Gasteiger partial charge in [0, 0.05) is 57.8 Å². The summed E-state index contributed by atoms with van der Waals surface area (Å²) in [5.74, 6) is 0.849. The zero-order chi connectivity index (χ0) is 21.3. The lowest BCUT2D eigenvalue weighted by atomic mass is 9.88. The van der Waals surface area contributed by atoms with Crippen LogP contribution in [0.5, 0.6) is 5.75 Å². The van der Waals surface area contributed by atoms with Gasteiger partial charge in [-0.05, 0) is 35.7 Å². The van der Waals surface area contributed by atoms with Gasteiger partial charge < -0.3 is 14.5 Å². The zero-order valence-electron chi connectivity index (χ0n) is 17.9. The number of amides is 2. The van der Waals surface area contributed by atoms with Gasteiger partial charge in [0.15, 0.2) is 0 Å². The first-order valence-electron chi connectivity index (χ1n) is 10.4. The van der Waals surface area contributed by atoms with Crippen LogP contribution >= 0.6 is 0 Å². The molecule has 158 valence electrons. The van der Waals surface area contributed by atoms with Crippen molar-refractivity contribution in [1.29, 1.82) is 0 Å². The fourth-order valence-electron chi connectivity index (χ4n) is 4.45. The first-order chi connectivity index (χ1) is 14.5. The fourth-order valence-corrected chi connectivity index (χ4v) is 4.45. The maximum absolute atomic E-state index is 12.9. The molecule has 30 heavy (non-hydrogen) atoms. The molecule has 0 N–H and O–H groups in total. The minimum Gasteiger partial charge on any atom is -0.497 e. The molecule has 1 unspecified atom stereocenters. The summed E-state index contributed by atoms with van der Waals surface area (Å²) in [6.07, 6.45) is 1.44. The highest BCUT2D eigenvalue weighted by molar-refractivity contribution is 5.95. The van der Waals surface area contributed by atoms with E-state index in [1.807, 2.05) is 23.1 Å². The van der Waals surface area contributed by atoms with Gasteiger partial charge in [0.1, 0.15) is 5.75 Å². The zero-order valence-corrected chi connectivity index (χ0v) is 17.9.